The average molecular weight is 231 g/mol. The Hall–Kier alpha value is -1.77. The maximum absolute atomic E-state index is 4.35. The number of rotatable bonds is 6. The Labute approximate surface area is 104 Å². The van der Waals surface area contributed by atoms with Crippen LogP contribution in [0.25, 0.3) is 0 Å². The molecule has 3 nitrogen and oxygen atoms in total. The molecule has 0 bridgehead atoms. The zero-order chi connectivity index (χ0) is 12.7. The van der Waals surface area contributed by atoms with Gasteiger partial charge in [-0.3, -0.25) is 4.99 Å². The highest BCUT2D eigenvalue weighted by atomic mass is 15.0. The lowest BCUT2D eigenvalue weighted by atomic mass is 9.92. The van der Waals surface area contributed by atoms with Crippen LogP contribution in [0.3, 0.4) is 0 Å². The molecule has 1 rings (SSSR count). The standard InChI is InChI=1S/C14H21N3/c1-5-7-8-17-13-10-15-9-12(16-6-2)14(13)11(3)4/h5-9,11,13,16-17H,1-2,10H2,3-4H3/b8-7-. The van der Waals surface area contributed by atoms with Crippen molar-refractivity contribution in [2.75, 3.05) is 6.54 Å². The number of aliphatic imine (C=N–C) groups is 1. The van der Waals surface area contributed by atoms with E-state index >= 15 is 0 Å². The third kappa shape index (κ3) is 3.63. The summed E-state index contributed by atoms with van der Waals surface area (Å²) in [5.74, 6) is 0.457. The Morgan fingerprint density at radius 3 is 2.82 bits per heavy atom. The van der Waals surface area contributed by atoms with Crippen LogP contribution in [-0.4, -0.2) is 18.8 Å². The van der Waals surface area contributed by atoms with Crippen LogP contribution in [0.1, 0.15) is 13.8 Å². The minimum atomic E-state index is 0.235. The van der Waals surface area contributed by atoms with E-state index in [-0.39, 0.29) is 6.04 Å². The molecule has 3 heteroatoms. The Morgan fingerprint density at radius 1 is 1.47 bits per heavy atom. The molecular weight excluding hydrogens is 210 g/mol. The largest absolute Gasteiger partial charge is 0.382 e. The monoisotopic (exact) mass is 231 g/mol. The lowest BCUT2D eigenvalue weighted by molar-refractivity contribution is 0.577. The summed E-state index contributed by atoms with van der Waals surface area (Å²) in [6.07, 6.45) is 9.11. The van der Waals surface area contributed by atoms with E-state index in [1.54, 1.807) is 12.3 Å². The van der Waals surface area contributed by atoms with E-state index < -0.39 is 0 Å². The van der Waals surface area contributed by atoms with Crippen molar-refractivity contribution in [2.24, 2.45) is 10.9 Å². The van der Waals surface area contributed by atoms with Crippen LogP contribution in [0.15, 0.2) is 54.0 Å². The van der Waals surface area contributed by atoms with Gasteiger partial charge in [0.1, 0.15) is 0 Å². The summed E-state index contributed by atoms with van der Waals surface area (Å²) < 4.78 is 0. The van der Waals surface area contributed by atoms with Gasteiger partial charge in [-0.15, -0.1) is 0 Å². The zero-order valence-corrected chi connectivity index (χ0v) is 10.6. The number of nitrogens with zero attached hydrogens (tertiary/aromatic N) is 1. The van der Waals surface area contributed by atoms with Crippen LogP contribution in [0, 0.1) is 5.92 Å². The lowest BCUT2D eigenvalue weighted by Gasteiger charge is -2.27. The van der Waals surface area contributed by atoms with Gasteiger partial charge in [0, 0.05) is 6.21 Å². The van der Waals surface area contributed by atoms with Gasteiger partial charge in [0.25, 0.3) is 0 Å². The molecule has 1 atom stereocenters. The Bertz CT molecular complexity index is 362. The molecule has 0 saturated carbocycles. The summed E-state index contributed by atoms with van der Waals surface area (Å²) in [4.78, 5) is 4.35. The smallest absolute Gasteiger partial charge is 0.0689 e. The molecule has 1 heterocycles. The van der Waals surface area contributed by atoms with Crippen molar-refractivity contribution in [3.63, 3.8) is 0 Å². The van der Waals surface area contributed by atoms with Crippen LogP contribution in [-0.2, 0) is 0 Å². The topological polar surface area (TPSA) is 36.4 Å². The molecule has 0 aromatic rings. The molecule has 17 heavy (non-hydrogen) atoms. The van der Waals surface area contributed by atoms with Crippen molar-refractivity contribution < 1.29 is 0 Å². The highest BCUT2D eigenvalue weighted by molar-refractivity contribution is 5.81. The Balaban J connectivity index is 2.90. The Morgan fingerprint density at radius 2 is 2.24 bits per heavy atom. The van der Waals surface area contributed by atoms with Crippen LogP contribution >= 0.6 is 0 Å². The van der Waals surface area contributed by atoms with Crippen LogP contribution in [0.4, 0.5) is 0 Å². The highest BCUT2D eigenvalue weighted by Gasteiger charge is 2.21. The predicted molar refractivity (Wildman–Crippen MR) is 74.8 cm³/mol. The lowest BCUT2D eigenvalue weighted by Crippen LogP contribution is -2.37. The van der Waals surface area contributed by atoms with Crippen molar-refractivity contribution in [1.82, 2.24) is 10.6 Å². The van der Waals surface area contributed by atoms with Gasteiger partial charge >= 0.3 is 0 Å². The first-order chi connectivity index (χ1) is 8.20. The quantitative estimate of drug-likeness (QED) is 0.689. The van der Waals surface area contributed by atoms with E-state index in [1.807, 2.05) is 18.5 Å². The summed E-state index contributed by atoms with van der Waals surface area (Å²) in [7, 11) is 0. The molecule has 1 unspecified atom stereocenters. The molecule has 0 amide bonds. The second-order valence-corrected chi connectivity index (χ2v) is 4.18. The van der Waals surface area contributed by atoms with Crippen molar-refractivity contribution >= 4 is 6.21 Å². The zero-order valence-electron chi connectivity index (χ0n) is 10.6. The molecule has 92 valence electrons. The molecule has 0 aromatic heterocycles. The fourth-order valence-electron chi connectivity index (χ4n) is 1.94. The summed E-state index contributed by atoms with van der Waals surface area (Å²) in [5.41, 5.74) is 2.37. The van der Waals surface area contributed by atoms with Gasteiger partial charge in [0.2, 0.25) is 0 Å². The van der Waals surface area contributed by atoms with E-state index in [9.17, 15) is 0 Å². The summed E-state index contributed by atoms with van der Waals surface area (Å²) in [6, 6.07) is 0.235. The molecule has 0 fully saturated rings. The number of hydrogen-bond donors (Lipinski definition) is 2. The van der Waals surface area contributed by atoms with Gasteiger partial charge in [-0.2, -0.15) is 0 Å². The van der Waals surface area contributed by atoms with Gasteiger partial charge in [-0.1, -0.05) is 33.1 Å². The first-order valence-electron chi connectivity index (χ1n) is 5.85. The molecule has 0 saturated heterocycles. The van der Waals surface area contributed by atoms with Gasteiger partial charge < -0.3 is 10.6 Å². The van der Waals surface area contributed by atoms with Gasteiger partial charge in [-0.05, 0) is 30.0 Å². The number of allylic oxidation sites excluding steroid dienone is 3. The van der Waals surface area contributed by atoms with E-state index in [0.29, 0.717) is 5.92 Å². The number of hydrogen-bond acceptors (Lipinski definition) is 3. The summed E-state index contributed by atoms with van der Waals surface area (Å²) in [5, 5.41) is 6.49. The van der Waals surface area contributed by atoms with E-state index in [2.05, 4.69) is 42.6 Å². The van der Waals surface area contributed by atoms with E-state index in [4.69, 9.17) is 0 Å². The van der Waals surface area contributed by atoms with Gasteiger partial charge in [0.15, 0.2) is 0 Å². The molecule has 0 radical (unpaired) electrons. The molecular formula is C14H21N3. The average Bonchev–Trinajstić information content (AvgIpc) is 2.29. The fraction of sp³-hybridized carbons (Fsp3) is 0.357. The molecule has 1 aliphatic rings. The first-order valence-corrected chi connectivity index (χ1v) is 5.85. The SMILES string of the molecule is C=C/C=C\NC1CN=CC(NC=C)=C1C(C)C. The third-order valence-corrected chi connectivity index (χ3v) is 2.60. The van der Waals surface area contributed by atoms with Crippen LogP contribution in [0.5, 0.6) is 0 Å². The van der Waals surface area contributed by atoms with E-state index in [0.717, 1.165) is 12.2 Å². The normalized spacial score (nSPS) is 19.8. The van der Waals surface area contributed by atoms with Gasteiger partial charge in [0.05, 0.1) is 18.3 Å². The number of nitrogens with one attached hydrogen (secondary N) is 2. The molecule has 0 spiro atoms. The maximum atomic E-state index is 4.35. The fourth-order valence-corrected chi connectivity index (χ4v) is 1.94. The minimum Gasteiger partial charge on any atom is -0.382 e. The highest BCUT2D eigenvalue weighted by Crippen LogP contribution is 2.20. The number of dihydropyridines is 1. The maximum Gasteiger partial charge on any atom is 0.0689 e. The van der Waals surface area contributed by atoms with Crippen LogP contribution in [0.2, 0.25) is 0 Å². The predicted octanol–water partition coefficient (Wildman–Crippen LogP) is 2.37. The first kappa shape index (κ1) is 13.3. The van der Waals surface area contributed by atoms with Crippen molar-refractivity contribution in [2.45, 2.75) is 19.9 Å². The van der Waals surface area contributed by atoms with Crippen molar-refractivity contribution in [3.05, 3.63) is 49.0 Å². The van der Waals surface area contributed by atoms with Crippen molar-refractivity contribution in [1.29, 1.82) is 0 Å². The summed E-state index contributed by atoms with van der Waals surface area (Å²) >= 11 is 0. The third-order valence-electron chi connectivity index (χ3n) is 2.60. The molecule has 0 aromatic carbocycles. The second kappa shape index (κ2) is 6.74. The Kier molecular flexibility index (Phi) is 5.27. The van der Waals surface area contributed by atoms with E-state index in [1.165, 1.54) is 5.57 Å². The molecule has 1 aliphatic heterocycles. The summed E-state index contributed by atoms with van der Waals surface area (Å²) in [6.45, 7) is 12.5. The van der Waals surface area contributed by atoms with Crippen LogP contribution < -0.4 is 10.6 Å². The second-order valence-electron chi connectivity index (χ2n) is 4.18. The minimum absolute atomic E-state index is 0.235. The van der Waals surface area contributed by atoms with Gasteiger partial charge in [-0.25, -0.2) is 0 Å². The molecule has 0 aliphatic carbocycles. The molecule has 2 N–H and O–H groups in total. The van der Waals surface area contributed by atoms with Crippen molar-refractivity contribution in [3.8, 4) is 0 Å².